The molecule has 0 unspecified atom stereocenters. The molecule has 0 saturated carbocycles. The zero-order valence-corrected chi connectivity index (χ0v) is 24.2. The van der Waals surface area contributed by atoms with Crippen molar-refractivity contribution < 1.29 is 0 Å². The smallest absolute Gasteiger partial charge is 0.0462 e. The quantitative estimate of drug-likeness (QED) is 0.192. The van der Waals surface area contributed by atoms with Crippen LogP contribution in [0.4, 0.5) is 17.1 Å². The molecule has 1 aliphatic rings. The van der Waals surface area contributed by atoms with Crippen LogP contribution in [0.15, 0.2) is 152 Å². The molecule has 7 aromatic carbocycles. The lowest BCUT2D eigenvalue weighted by atomic mass is 9.81. The van der Waals surface area contributed by atoms with Crippen molar-refractivity contribution >= 4 is 38.6 Å². The molecular weight excluding hydrogens is 518 g/mol. The third kappa shape index (κ3) is 4.49. The van der Waals surface area contributed by atoms with Crippen LogP contribution in [-0.2, 0) is 12.8 Å². The van der Waals surface area contributed by atoms with Crippen molar-refractivity contribution in [2.45, 2.75) is 25.7 Å². The van der Waals surface area contributed by atoms with Crippen molar-refractivity contribution in [3.05, 3.63) is 163 Å². The summed E-state index contributed by atoms with van der Waals surface area (Å²) >= 11 is 0. The van der Waals surface area contributed by atoms with Crippen LogP contribution >= 0.6 is 0 Å². The van der Waals surface area contributed by atoms with Crippen LogP contribution < -0.4 is 4.90 Å². The lowest BCUT2D eigenvalue weighted by molar-refractivity contribution is 0.687. The van der Waals surface area contributed by atoms with Crippen molar-refractivity contribution in [1.82, 2.24) is 0 Å². The van der Waals surface area contributed by atoms with E-state index in [2.05, 4.69) is 157 Å². The van der Waals surface area contributed by atoms with E-state index in [-0.39, 0.29) is 0 Å². The highest BCUT2D eigenvalue weighted by molar-refractivity contribution is 6.21. The second-order valence-electron chi connectivity index (χ2n) is 11.5. The van der Waals surface area contributed by atoms with Gasteiger partial charge < -0.3 is 4.90 Å². The summed E-state index contributed by atoms with van der Waals surface area (Å²) in [6.45, 7) is 0. The third-order valence-corrected chi connectivity index (χ3v) is 9.04. The molecule has 0 N–H and O–H groups in total. The molecule has 0 atom stereocenters. The second-order valence-corrected chi connectivity index (χ2v) is 11.5. The fraction of sp³-hybridized carbons (Fsp3) is 0.0952. The first-order chi connectivity index (χ1) is 21.4. The summed E-state index contributed by atoms with van der Waals surface area (Å²) in [7, 11) is 0. The predicted octanol–water partition coefficient (Wildman–Crippen LogP) is 11.7. The molecule has 0 radical (unpaired) electrons. The van der Waals surface area contributed by atoms with Gasteiger partial charge in [0.25, 0.3) is 0 Å². The standard InChI is InChI=1S/C42H33N/c1-3-16-32(17-4-1)43(33-18-5-2-6-19-33)34-28-26-31(27-29-34)41-37-21-9-11-23-39(37)42(40-24-12-10-22-38(40)41)36-25-13-15-30-14-7-8-20-35(30)36/h1-6,9-13,15-19,21-29H,7-8,14,20H2. The monoisotopic (exact) mass is 551 g/mol. The summed E-state index contributed by atoms with van der Waals surface area (Å²) in [6.07, 6.45) is 4.91. The molecule has 0 amide bonds. The average Bonchev–Trinajstić information content (AvgIpc) is 3.08. The van der Waals surface area contributed by atoms with E-state index in [1.807, 2.05) is 0 Å². The Morgan fingerprint density at radius 1 is 0.372 bits per heavy atom. The van der Waals surface area contributed by atoms with Gasteiger partial charge in [0.05, 0.1) is 0 Å². The topological polar surface area (TPSA) is 3.24 Å². The first-order valence-electron chi connectivity index (χ1n) is 15.4. The minimum Gasteiger partial charge on any atom is -0.311 e. The Morgan fingerprint density at radius 3 is 1.44 bits per heavy atom. The number of hydrogen-bond donors (Lipinski definition) is 0. The fourth-order valence-electron chi connectivity index (χ4n) is 7.12. The van der Waals surface area contributed by atoms with Gasteiger partial charge in [-0.05, 0) is 117 Å². The summed E-state index contributed by atoms with van der Waals surface area (Å²) < 4.78 is 0. The van der Waals surface area contributed by atoms with Crippen LogP contribution in [0.3, 0.4) is 0 Å². The van der Waals surface area contributed by atoms with E-state index in [0.29, 0.717) is 0 Å². The first kappa shape index (κ1) is 25.6. The summed E-state index contributed by atoms with van der Waals surface area (Å²) in [4.78, 5) is 2.32. The van der Waals surface area contributed by atoms with Gasteiger partial charge in [0, 0.05) is 17.1 Å². The Hall–Kier alpha value is -5.14. The van der Waals surface area contributed by atoms with Crippen LogP contribution in [0.1, 0.15) is 24.0 Å². The lowest BCUT2D eigenvalue weighted by Gasteiger charge is -2.26. The van der Waals surface area contributed by atoms with Gasteiger partial charge in [-0.15, -0.1) is 0 Å². The van der Waals surface area contributed by atoms with Gasteiger partial charge >= 0.3 is 0 Å². The number of fused-ring (bicyclic) bond motifs is 3. The van der Waals surface area contributed by atoms with E-state index >= 15 is 0 Å². The predicted molar refractivity (Wildman–Crippen MR) is 184 cm³/mol. The molecule has 0 spiro atoms. The zero-order chi connectivity index (χ0) is 28.6. The van der Waals surface area contributed by atoms with Crippen LogP contribution in [0.2, 0.25) is 0 Å². The molecule has 0 heterocycles. The molecule has 1 nitrogen and oxygen atoms in total. The zero-order valence-electron chi connectivity index (χ0n) is 24.2. The molecule has 0 bridgehead atoms. The van der Waals surface area contributed by atoms with Gasteiger partial charge in [-0.3, -0.25) is 0 Å². The maximum Gasteiger partial charge on any atom is 0.0462 e. The molecule has 1 heteroatoms. The molecule has 0 aliphatic heterocycles. The van der Waals surface area contributed by atoms with E-state index < -0.39 is 0 Å². The number of anilines is 3. The Bertz CT molecular complexity index is 1960. The Morgan fingerprint density at radius 2 is 0.860 bits per heavy atom. The van der Waals surface area contributed by atoms with Gasteiger partial charge in [0.2, 0.25) is 0 Å². The lowest BCUT2D eigenvalue weighted by Crippen LogP contribution is -2.09. The number of benzene rings is 7. The van der Waals surface area contributed by atoms with Crippen molar-refractivity contribution in [2.24, 2.45) is 0 Å². The molecule has 1 aliphatic carbocycles. The second kappa shape index (κ2) is 10.9. The van der Waals surface area contributed by atoms with E-state index in [1.54, 1.807) is 5.56 Å². The van der Waals surface area contributed by atoms with Crippen molar-refractivity contribution in [1.29, 1.82) is 0 Å². The Kier molecular flexibility index (Phi) is 6.50. The van der Waals surface area contributed by atoms with Gasteiger partial charge in [-0.1, -0.05) is 115 Å². The summed E-state index contributed by atoms with van der Waals surface area (Å²) in [5.41, 5.74) is 11.8. The van der Waals surface area contributed by atoms with E-state index in [0.717, 1.165) is 23.5 Å². The number of para-hydroxylation sites is 2. The molecule has 8 rings (SSSR count). The summed E-state index contributed by atoms with van der Waals surface area (Å²) in [5.74, 6) is 0. The van der Waals surface area contributed by atoms with Gasteiger partial charge in [-0.2, -0.15) is 0 Å². The number of nitrogens with zero attached hydrogens (tertiary/aromatic N) is 1. The molecule has 206 valence electrons. The maximum atomic E-state index is 2.36. The molecule has 0 saturated heterocycles. The normalized spacial score (nSPS) is 12.7. The first-order valence-corrected chi connectivity index (χ1v) is 15.4. The summed E-state index contributed by atoms with van der Waals surface area (Å²) in [5, 5.41) is 5.27. The minimum atomic E-state index is 1.14. The van der Waals surface area contributed by atoms with Gasteiger partial charge in [-0.25, -0.2) is 0 Å². The van der Waals surface area contributed by atoms with Crippen LogP contribution in [-0.4, -0.2) is 0 Å². The van der Waals surface area contributed by atoms with Crippen molar-refractivity contribution in [3.63, 3.8) is 0 Å². The van der Waals surface area contributed by atoms with E-state index in [4.69, 9.17) is 0 Å². The van der Waals surface area contributed by atoms with E-state index in [9.17, 15) is 0 Å². The van der Waals surface area contributed by atoms with Crippen molar-refractivity contribution in [2.75, 3.05) is 4.90 Å². The SMILES string of the molecule is c1ccc(N(c2ccccc2)c2ccc(-c3c4ccccc4c(-c4cccc5c4CCCC5)c4ccccc34)cc2)cc1. The number of aryl methyl sites for hydroxylation is 1. The maximum absolute atomic E-state index is 2.36. The highest BCUT2D eigenvalue weighted by Crippen LogP contribution is 2.46. The Labute approximate surface area is 253 Å². The van der Waals surface area contributed by atoms with Crippen LogP contribution in [0.5, 0.6) is 0 Å². The third-order valence-electron chi connectivity index (χ3n) is 9.04. The molecular formula is C42H33N. The highest BCUT2D eigenvalue weighted by atomic mass is 15.1. The number of rotatable bonds is 5. The highest BCUT2D eigenvalue weighted by Gasteiger charge is 2.21. The molecule has 43 heavy (non-hydrogen) atoms. The molecule has 7 aromatic rings. The number of hydrogen-bond acceptors (Lipinski definition) is 1. The summed E-state index contributed by atoms with van der Waals surface area (Å²) in [6, 6.07) is 55.3. The van der Waals surface area contributed by atoms with Gasteiger partial charge in [0.15, 0.2) is 0 Å². The fourth-order valence-corrected chi connectivity index (χ4v) is 7.12. The van der Waals surface area contributed by atoms with Gasteiger partial charge in [0.1, 0.15) is 0 Å². The van der Waals surface area contributed by atoms with Crippen LogP contribution in [0, 0.1) is 0 Å². The largest absolute Gasteiger partial charge is 0.311 e. The van der Waals surface area contributed by atoms with Crippen molar-refractivity contribution in [3.8, 4) is 22.3 Å². The average molecular weight is 552 g/mol. The Balaban J connectivity index is 1.33. The molecule has 0 aromatic heterocycles. The molecule has 0 fully saturated rings. The van der Waals surface area contributed by atoms with E-state index in [1.165, 1.54) is 68.6 Å². The van der Waals surface area contributed by atoms with Crippen LogP contribution in [0.25, 0.3) is 43.8 Å². The minimum absolute atomic E-state index is 1.14.